The maximum Gasteiger partial charge on any atom is 0.241 e. The van der Waals surface area contributed by atoms with Crippen molar-refractivity contribution in [3.8, 4) is 0 Å². The third-order valence-electron chi connectivity index (χ3n) is 2.32. The molecule has 0 spiro atoms. The van der Waals surface area contributed by atoms with Gasteiger partial charge in [-0.15, -0.1) is 0 Å². The first-order valence-corrected chi connectivity index (χ1v) is 6.27. The zero-order valence-corrected chi connectivity index (χ0v) is 11.6. The van der Waals surface area contributed by atoms with Crippen molar-refractivity contribution in [3.05, 3.63) is 28.0 Å². The average molecular weight is 293 g/mol. The van der Waals surface area contributed by atoms with Gasteiger partial charge in [-0.1, -0.05) is 37.0 Å². The van der Waals surface area contributed by atoms with Crippen molar-refractivity contribution in [1.29, 1.82) is 0 Å². The number of hydrogen-bond donors (Lipinski definition) is 2. The normalized spacial score (nSPS) is 12.6. The van der Waals surface area contributed by atoms with E-state index in [1.807, 2.05) is 13.8 Å². The molecule has 0 aliphatic rings. The molecule has 100 valence electrons. The molecule has 0 radical (unpaired) electrons. The molecule has 1 atom stereocenters. The number of amides is 1. The van der Waals surface area contributed by atoms with Crippen LogP contribution in [0, 0.1) is 11.7 Å². The molecule has 1 rings (SSSR count). The van der Waals surface area contributed by atoms with Gasteiger partial charge in [-0.05, 0) is 24.5 Å². The average Bonchev–Trinajstić information content (AvgIpc) is 2.21. The zero-order chi connectivity index (χ0) is 13.9. The molecule has 0 bridgehead atoms. The molecule has 0 fully saturated rings. The standard InChI is InChI=1S/C12H15Cl2FN2O/c1-6(2)3-10(16)12(18)17-11-8(13)4-7(15)5-9(11)14/h4-6,10H,3,16H2,1-2H3,(H,17,18)/t10-/m0/s1. The Morgan fingerprint density at radius 3 is 2.33 bits per heavy atom. The maximum absolute atomic E-state index is 13.0. The highest BCUT2D eigenvalue weighted by Gasteiger charge is 2.18. The molecular weight excluding hydrogens is 278 g/mol. The second-order valence-electron chi connectivity index (χ2n) is 4.47. The van der Waals surface area contributed by atoms with Gasteiger partial charge >= 0.3 is 0 Å². The van der Waals surface area contributed by atoms with Gasteiger partial charge in [0.1, 0.15) is 5.82 Å². The van der Waals surface area contributed by atoms with E-state index < -0.39 is 11.9 Å². The van der Waals surface area contributed by atoms with Gasteiger partial charge in [0.2, 0.25) is 5.91 Å². The molecule has 1 amide bonds. The van der Waals surface area contributed by atoms with Gasteiger partial charge in [0.05, 0.1) is 21.8 Å². The van der Waals surface area contributed by atoms with Gasteiger partial charge in [0.25, 0.3) is 0 Å². The second-order valence-corrected chi connectivity index (χ2v) is 5.28. The summed E-state index contributed by atoms with van der Waals surface area (Å²) in [5.74, 6) is -0.654. The smallest absolute Gasteiger partial charge is 0.241 e. The van der Waals surface area contributed by atoms with Crippen LogP contribution in [0.25, 0.3) is 0 Å². The Morgan fingerprint density at radius 2 is 1.89 bits per heavy atom. The molecule has 0 aromatic heterocycles. The van der Waals surface area contributed by atoms with E-state index in [-0.39, 0.29) is 21.6 Å². The molecule has 0 heterocycles. The van der Waals surface area contributed by atoms with Crippen molar-refractivity contribution in [2.75, 3.05) is 5.32 Å². The summed E-state index contributed by atoms with van der Waals surface area (Å²) in [4.78, 5) is 11.8. The van der Waals surface area contributed by atoms with Crippen LogP contribution < -0.4 is 11.1 Å². The lowest BCUT2D eigenvalue weighted by Crippen LogP contribution is -2.36. The zero-order valence-electron chi connectivity index (χ0n) is 10.1. The van der Waals surface area contributed by atoms with Crippen LogP contribution in [-0.4, -0.2) is 11.9 Å². The van der Waals surface area contributed by atoms with Crippen molar-refractivity contribution in [2.45, 2.75) is 26.3 Å². The maximum atomic E-state index is 13.0. The summed E-state index contributed by atoms with van der Waals surface area (Å²) < 4.78 is 13.0. The van der Waals surface area contributed by atoms with Crippen molar-refractivity contribution in [2.24, 2.45) is 11.7 Å². The van der Waals surface area contributed by atoms with Crippen molar-refractivity contribution in [3.63, 3.8) is 0 Å². The van der Waals surface area contributed by atoms with E-state index in [0.717, 1.165) is 12.1 Å². The molecule has 0 unspecified atom stereocenters. The third kappa shape index (κ3) is 4.12. The lowest BCUT2D eigenvalue weighted by molar-refractivity contribution is -0.117. The van der Waals surface area contributed by atoms with Crippen LogP contribution in [-0.2, 0) is 4.79 Å². The Bertz CT molecular complexity index is 429. The van der Waals surface area contributed by atoms with E-state index in [0.29, 0.717) is 12.3 Å². The van der Waals surface area contributed by atoms with Crippen LogP contribution in [0.4, 0.5) is 10.1 Å². The van der Waals surface area contributed by atoms with E-state index in [9.17, 15) is 9.18 Å². The summed E-state index contributed by atoms with van der Waals surface area (Å²) >= 11 is 11.6. The van der Waals surface area contributed by atoms with Crippen molar-refractivity contribution >= 4 is 34.8 Å². The first-order valence-electron chi connectivity index (χ1n) is 5.52. The number of anilines is 1. The number of nitrogens with two attached hydrogens (primary N) is 1. The van der Waals surface area contributed by atoms with Crippen LogP contribution >= 0.6 is 23.2 Å². The first kappa shape index (κ1) is 15.2. The second kappa shape index (κ2) is 6.36. The van der Waals surface area contributed by atoms with Gasteiger partial charge in [0, 0.05) is 0 Å². The molecule has 3 N–H and O–H groups in total. The number of halogens is 3. The van der Waals surface area contributed by atoms with E-state index >= 15 is 0 Å². The minimum absolute atomic E-state index is 0.0464. The monoisotopic (exact) mass is 292 g/mol. The van der Waals surface area contributed by atoms with Crippen molar-refractivity contribution in [1.82, 2.24) is 0 Å². The van der Waals surface area contributed by atoms with Crippen molar-refractivity contribution < 1.29 is 9.18 Å². The van der Waals surface area contributed by atoms with E-state index in [4.69, 9.17) is 28.9 Å². The highest BCUT2D eigenvalue weighted by molar-refractivity contribution is 6.39. The fraction of sp³-hybridized carbons (Fsp3) is 0.417. The summed E-state index contributed by atoms with van der Waals surface area (Å²) in [5.41, 5.74) is 5.91. The molecule has 6 heteroatoms. The van der Waals surface area contributed by atoms with Gasteiger partial charge in [-0.2, -0.15) is 0 Å². The minimum Gasteiger partial charge on any atom is -0.322 e. The van der Waals surface area contributed by atoms with Gasteiger partial charge in [-0.25, -0.2) is 4.39 Å². The molecule has 0 aliphatic carbocycles. The summed E-state index contributed by atoms with van der Waals surface area (Å²) in [6, 6.07) is 1.51. The van der Waals surface area contributed by atoms with Gasteiger partial charge < -0.3 is 11.1 Å². The fourth-order valence-electron chi connectivity index (χ4n) is 1.49. The molecule has 1 aromatic rings. The largest absolute Gasteiger partial charge is 0.322 e. The quantitative estimate of drug-likeness (QED) is 0.893. The molecule has 0 saturated carbocycles. The number of carbonyl (C=O) groups is 1. The molecule has 1 aromatic carbocycles. The Hall–Kier alpha value is -0.840. The van der Waals surface area contributed by atoms with Crippen LogP contribution in [0.1, 0.15) is 20.3 Å². The topological polar surface area (TPSA) is 55.1 Å². The molecule has 18 heavy (non-hydrogen) atoms. The number of nitrogens with one attached hydrogen (secondary N) is 1. The molecule has 0 saturated heterocycles. The molecule has 0 aliphatic heterocycles. The Kier molecular flexibility index (Phi) is 5.38. The number of hydrogen-bond acceptors (Lipinski definition) is 2. The van der Waals surface area contributed by atoms with E-state index in [2.05, 4.69) is 5.32 Å². The van der Waals surface area contributed by atoms with Gasteiger partial charge in [-0.3, -0.25) is 4.79 Å². The third-order valence-corrected chi connectivity index (χ3v) is 2.91. The summed E-state index contributed by atoms with van der Waals surface area (Å²) in [6.07, 6.45) is 0.544. The van der Waals surface area contributed by atoms with Crippen LogP contribution in [0.3, 0.4) is 0 Å². The fourth-order valence-corrected chi connectivity index (χ4v) is 2.05. The highest BCUT2D eigenvalue weighted by Crippen LogP contribution is 2.31. The van der Waals surface area contributed by atoms with Crippen LogP contribution in [0.15, 0.2) is 12.1 Å². The lowest BCUT2D eigenvalue weighted by atomic mass is 10.0. The Morgan fingerprint density at radius 1 is 1.39 bits per heavy atom. The number of carbonyl (C=O) groups excluding carboxylic acids is 1. The van der Waals surface area contributed by atoms with Crippen LogP contribution in [0.5, 0.6) is 0 Å². The molecule has 3 nitrogen and oxygen atoms in total. The number of rotatable bonds is 4. The first-order chi connectivity index (χ1) is 8.31. The predicted molar refractivity (Wildman–Crippen MR) is 72.5 cm³/mol. The number of benzene rings is 1. The predicted octanol–water partition coefficient (Wildman–Crippen LogP) is 3.44. The SMILES string of the molecule is CC(C)C[C@H](N)C(=O)Nc1c(Cl)cc(F)cc1Cl. The highest BCUT2D eigenvalue weighted by atomic mass is 35.5. The summed E-state index contributed by atoms with van der Waals surface area (Å²) in [6.45, 7) is 3.93. The van der Waals surface area contributed by atoms with Gasteiger partial charge in [0.15, 0.2) is 0 Å². The summed E-state index contributed by atoms with van der Waals surface area (Å²) in [7, 11) is 0. The Balaban J connectivity index is 2.82. The van der Waals surface area contributed by atoms with E-state index in [1.54, 1.807) is 0 Å². The summed E-state index contributed by atoms with van der Waals surface area (Å²) in [5, 5.41) is 2.61. The lowest BCUT2D eigenvalue weighted by Gasteiger charge is -2.15. The Labute approximate surface area is 115 Å². The van der Waals surface area contributed by atoms with E-state index in [1.165, 1.54) is 0 Å². The molecular formula is C12H15Cl2FN2O. The van der Waals surface area contributed by atoms with Crippen LogP contribution in [0.2, 0.25) is 10.0 Å². The minimum atomic E-state index is -0.651.